The van der Waals surface area contributed by atoms with Gasteiger partial charge in [0.1, 0.15) is 5.69 Å². The third kappa shape index (κ3) is 3.64. The van der Waals surface area contributed by atoms with Gasteiger partial charge >= 0.3 is 0 Å². The minimum absolute atomic E-state index is 0.261. The molecule has 24 heavy (non-hydrogen) atoms. The van der Waals surface area contributed by atoms with Gasteiger partial charge in [-0.2, -0.15) is 5.10 Å². The fraction of sp³-hybridized carbons (Fsp3) is 0.562. The number of rotatable bonds is 5. The van der Waals surface area contributed by atoms with E-state index in [1.54, 1.807) is 22.9 Å². The first-order chi connectivity index (χ1) is 11.3. The van der Waals surface area contributed by atoms with Gasteiger partial charge in [0, 0.05) is 31.5 Å². The zero-order valence-corrected chi connectivity index (χ0v) is 15.1. The van der Waals surface area contributed by atoms with Crippen LogP contribution in [0, 0.1) is 5.92 Å². The summed E-state index contributed by atoms with van der Waals surface area (Å²) in [5, 5.41) is 4.32. The van der Waals surface area contributed by atoms with Gasteiger partial charge in [0.05, 0.1) is 23.8 Å². The van der Waals surface area contributed by atoms with E-state index in [2.05, 4.69) is 28.9 Å². The number of nitrogens with zero attached hydrogens (tertiary/aromatic N) is 5. The second-order valence-corrected chi connectivity index (χ2v) is 8.61. The maximum Gasteiger partial charge on any atom is 0.211 e. The van der Waals surface area contributed by atoms with E-state index >= 15 is 0 Å². The van der Waals surface area contributed by atoms with Crippen LogP contribution in [0.1, 0.15) is 32.0 Å². The summed E-state index contributed by atoms with van der Waals surface area (Å²) in [7, 11) is -3.09. The first-order valence-electron chi connectivity index (χ1n) is 8.14. The Morgan fingerprint density at radius 1 is 1.29 bits per heavy atom. The Hall–Kier alpha value is -1.80. The van der Waals surface area contributed by atoms with E-state index in [0.29, 0.717) is 19.0 Å². The van der Waals surface area contributed by atoms with E-state index < -0.39 is 10.0 Å². The normalized spacial score (nSPS) is 19.2. The lowest BCUT2D eigenvalue weighted by Crippen LogP contribution is -2.27. The first kappa shape index (κ1) is 17.0. The van der Waals surface area contributed by atoms with Gasteiger partial charge in [0.25, 0.3) is 0 Å². The highest BCUT2D eigenvalue weighted by molar-refractivity contribution is 7.88. The zero-order chi connectivity index (χ0) is 17.3. The standard InChI is InChI=1S/C16H23N5O2S/c1-12(2)21-16(4-6-19-21)15-10-17-14(9-18-15)8-13-5-7-20(11-13)24(3,22)23/h4,6,9-10,12-13H,5,7-8,11H2,1-3H3/t13-/m1/s1. The van der Waals surface area contributed by atoms with Crippen LogP contribution in [-0.4, -0.2) is 51.8 Å². The monoisotopic (exact) mass is 349 g/mol. The smallest absolute Gasteiger partial charge is 0.211 e. The van der Waals surface area contributed by atoms with Crippen LogP contribution >= 0.6 is 0 Å². The van der Waals surface area contributed by atoms with Gasteiger partial charge in [-0.15, -0.1) is 0 Å². The molecule has 1 atom stereocenters. The predicted octanol–water partition coefficient (Wildman–Crippen LogP) is 1.75. The van der Waals surface area contributed by atoms with E-state index in [9.17, 15) is 8.42 Å². The molecule has 130 valence electrons. The second-order valence-electron chi connectivity index (χ2n) is 6.63. The van der Waals surface area contributed by atoms with Gasteiger partial charge in [-0.3, -0.25) is 14.6 Å². The number of sulfonamides is 1. The Kier molecular flexibility index (Phi) is 4.69. The molecule has 0 radical (unpaired) electrons. The minimum atomic E-state index is -3.09. The minimum Gasteiger partial charge on any atom is -0.261 e. The van der Waals surface area contributed by atoms with Gasteiger partial charge in [-0.1, -0.05) is 0 Å². The summed E-state index contributed by atoms with van der Waals surface area (Å²) in [6, 6.07) is 2.20. The second kappa shape index (κ2) is 6.60. The molecule has 1 fully saturated rings. The fourth-order valence-electron chi connectivity index (χ4n) is 3.08. The molecule has 1 aliphatic rings. The fourth-order valence-corrected chi connectivity index (χ4v) is 4.00. The van der Waals surface area contributed by atoms with Gasteiger partial charge < -0.3 is 0 Å². The Morgan fingerprint density at radius 3 is 2.67 bits per heavy atom. The van der Waals surface area contributed by atoms with Crippen LogP contribution in [0.3, 0.4) is 0 Å². The van der Waals surface area contributed by atoms with Crippen molar-refractivity contribution >= 4 is 10.0 Å². The van der Waals surface area contributed by atoms with Crippen molar-refractivity contribution in [3.05, 3.63) is 30.4 Å². The molecule has 2 aromatic rings. The van der Waals surface area contributed by atoms with E-state index in [1.807, 2.05) is 10.7 Å². The Morgan fingerprint density at radius 2 is 2.08 bits per heavy atom. The van der Waals surface area contributed by atoms with Gasteiger partial charge in [0.15, 0.2) is 0 Å². The topological polar surface area (TPSA) is 81.0 Å². The zero-order valence-electron chi connectivity index (χ0n) is 14.3. The Balaban J connectivity index is 1.69. The highest BCUT2D eigenvalue weighted by Gasteiger charge is 2.28. The van der Waals surface area contributed by atoms with Gasteiger partial charge in [0.2, 0.25) is 10.0 Å². The number of aromatic nitrogens is 4. The maximum atomic E-state index is 11.6. The Bertz CT molecular complexity index is 798. The molecular weight excluding hydrogens is 326 g/mol. The summed E-state index contributed by atoms with van der Waals surface area (Å²) in [5.41, 5.74) is 2.65. The van der Waals surface area contributed by atoms with Crippen molar-refractivity contribution in [1.82, 2.24) is 24.1 Å². The molecule has 0 aliphatic carbocycles. The molecule has 0 N–H and O–H groups in total. The van der Waals surface area contributed by atoms with Gasteiger partial charge in [-0.25, -0.2) is 12.7 Å². The molecule has 7 nitrogen and oxygen atoms in total. The van der Waals surface area contributed by atoms with Crippen molar-refractivity contribution < 1.29 is 8.42 Å². The molecule has 8 heteroatoms. The summed E-state index contributed by atoms with van der Waals surface area (Å²) in [4.78, 5) is 9.03. The highest BCUT2D eigenvalue weighted by atomic mass is 32.2. The summed E-state index contributed by atoms with van der Waals surface area (Å²) in [6.45, 7) is 5.32. The molecule has 0 saturated carbocycles. The molecule has 0 amide bonds. The lowest BCUT2D eigenvalue weighted by molar-refractivity contribution is 0.459. The SMILES string of the molecule is CC(C)n1nccc1-c1cnc(C[C@H]2CCN(S(C)(=O)=O)C2)cn1. The molecule has 0 unspecified atom stereocenters. The lowest BCUT2D eigenvalue weighted by Gasteiger charge is -2.13. The Labute approximate surface area is 142 Å². The van der Waals surface area contributed by atoms with Crippen LogP contribution < -0.4 is 0 Å². The van der Waals surface area contributed by atoms with E-state index in [4.69, 9.17) is 0 Å². The average Bonchev–Trinajstić information content (AvgIpc) is 3.16. The molecule has 3 rings (SSSR count). The largest absolute Gasteiger partial charge is 0.261 e. The van der Waals surface area contributed by atoms with Crippen molar-refractivity contribution in [3.8, 4) is 11.4 Å². The molecule has 1 aliphatic heterocycles. The molecule has 3 heterocycles. The van der Waals surface area contributed by atoms with E-state index in [1.165, 1.54) is 6.26 Å². The van der Waals surface area contributed by atoms with Crippen LogP contribution in [0.5, 0.6) is 0 Å². The summed E-state index contributed by atoms with van der Waals surface area (Å²) >= 11 is 0. The molecule has 0 bridgehead atoms. The summed E-state index contributed by atoms with van der Waals surface area (Å²) in [5.74, 6) is 0.307. The summed E-state index contributed by atoms with van der Waals surface area (Å²) in [6.07, 6.45) is 8.22. The van der Waals surface area contributed by atoms with Crippen molar-refractivity contribution in [2.45, 2.75) is 32.7 Å². The van der Waals surface area contributed by atoms with Gasteiger partial charge in [-0.05, 0) is 38.7 Å². The number of hydrogen-bond donors (Lipinski definition) is 0. The van der Waals surface area contributed by atoms with Crippen LogP contribution in [0.4, 0.5) is 0 Å². The van der Waals surface area contributed by atoms with Crippen molar-refractivity contribution in [2.24, 2.45) is 5.92 Å². The average molecular weight is 349 g/mol. The highest BCUT2D eigenvalue weighted by Crippen LogP contribution is 2.23. The van der Waals surface area contributed by atoms with Crippen molar-refractivity contribution in [2.75, 3.05) is 19.3 Å². The van der Waals surface area contributed by atoms with Crippen LogP contribution in [0.2, 0.25) is 0 Å². The lowest BCUT2D eigenvalue weighted by atomic mass is 10.0. The van der Waals surface area contributed by atoms with Crippen molar-refractivity contribution in [3.63, 3.8) is 0 Å². The maximum absolute atomic E-state index is 11.6. The summed E-state index contributed by atoms with van der Waals surface area (Å²) < 4.78 is 26.6. The third-order valence-electron chi connectivity index (χ3n) is 4.34. The molecule has 0 spiro atoms. The molecule has 1 saturated heterocycles. The van der Waals surface area contributed by atoms with Crippen LogP contribution in [0.25, 0.3) is 11.4 Å². The van der Waals surface area contributed by atoms with Crippen LogP contribution in [-0.2, 0) is 16.4 Å². The number of hydrogen-bond acceptors (Lipinski definition) is 5. The molecular formula is C16H23N5O2S. The van der Waals surface area contributed by atoms with E-state index in [-0.39, 0.29) is 6.04 Å². The third-order valence-corrected chi connectivity index (χ3v) is 5.61. The van der Waals surface area contributed by atoms with E-state index in [0.717, 1.165) is 29.9 Å². The molecule has 2 aromatic heterocycles. The first-order valence-corrected chi connectivity index (χ1v) is 9.99. The van der Waals surface area contributed by atoms with Crippen LogP contribution in [0.15, 0.2) is 24.7 Å². The van der Waals surface area contributed by atoms with Crippen molar-refractivity contribution in [1.29, 1.82) is 0 Å². The quantitative estimate of drug-likeness (QED) is 0.821. The predicted molar refractivity (Wildman–Crippen MR) is 91.9 cm³/mol. The molecule has 0 aromatic carbocycles.